The SMILES string of the molecule is CCCCC(CC)CN1C(=O)C(=C2C(=O)N(CC(=O)Nc3ccccc3Cl)c3ccccc32)SC1=S. The van der Waals surface area contributed by atoms with E-state index in [-0.39, 0.29) is 24.3 Å². The maximum absolute atomic E-state index is 13.6. The molecule has 2 heterocycles. The maximum atomic E-state index is 13.6. The molecule has 1 N–H and O–H groups in total. The van der Waals surface area contributed by atoms with E-state index in [2.05, 4.69) is 19.2 Å². The lowest BCUT2D eigenvalue weighted by atomic mass is 9.98. The molecule has 3 amide bonds. The molecule has 6 nitrogen and oxygen atoms in total. The first kappa shape index (κ1) is 26.4. The number of halogens is 1. The molecule has 188 valence electrons. The zero-order valence-corrected chi connectivity index (χ0v) is 22.6. The lowest BCUT2D eigenvalue weighted by Crippen LogP contribution is -2.36. The van der Waals surface area contributed by atoms with Crippen LogP contribution in [0.2, 0.25) is 5.02 Å². The summed E-state index contributed by atoms with van der Waals surface area (Å²) in [5.41, 5.74) is 1.99. The van der Waals surface area contributed by atoms with Crippen LogP contribution in [0.15, 0.2) is 53.4 Å². The lowest BCUT2D eigenvalue weighted by Gasteiger charge is -2.21. The van der Waals surface area contributed by atoms with E-state index in [9.17, 15) is 14.4 Å². The predicted molar refractivity (Wildman–Crippen MR) is 151 cm³/mol. The van der Waals surface area contributed by atoms with Gasteiger partial charge in [0, 0.05) is 12.1 Å². The van der Waals surface area contributed by atoms with Crippen molar-refractivity contribution in [3.63, 3.8) is 0 Å². The molecule has 1 atom stereocenters. The van der Waals surface area contributed by atoms with Gasteiger partial charge in [0.15, 0.2) is 0 Å². The summed E-state index contributed by atoms with van der Waals surface area (Å²) < 4.78 is 0.470. The number of nitrogens with zero attached hydrogens (tertiary/aromatic N) is 2. The van der Waals surface area contributed by atoms with E-state index in [1.807, 2.05) is 6.07 Å². The summed E-state index contributed by atoms with van der Waals surface area (Å²) >= 11 is 12.9. The summed E-state index contributed by atoms with van der Waals surface area (Å²) in [4.78, 5) is 43.3. The largest absolute Gasteiger partial charge is 0.323 e. The van der Waals surface area contributed by atoms with Crippen molar-refractivity contribution in [1.82, 2.24) is 4.90 Å². The number of unbranched alkanes of at least 4 members (excludes halogenated alkanes) is 1. The summed E-state index contributed by atoms with van der Waals surface area (Å²) in [5, 5.41) is 3.17. The monoisotopic (exact) mass is 541 g/mol. The highest BCUT2D eigenvalue weighted by molar-refractivity contribution is 8.26. The van der Waals surface area contributed by atoms with Crippen LogP contribution in [0.3, 0.4) is 0 Å². The van der Waals surface area contributed by atoms with E-state index in [1.165, 1.54) is 16.7 Å². The number of thiocarbonyl (C=S) groups is 1. The van der Waals surface area contributed by atoms with E-state index in [4.69, 9.17) is 23.8 Å². The Kier molecular flexibility index (Phi) is 8.49. The molecule has 0 bridgehead atoms. The fraction of sp³-hybridized carbons (Fsp3) is 0.333. The number of carbonyl (C=O) groups excluding carboxylic acids is 3. The van der Waals surface area contributed by atoms with E-state index in [0.29, 0.717) is 49.2 Å². The number of nitrogens with one attached hydrogen (secondary N) is 1. The Morgan fingerprint density at radius 1 is 1.06 bits per heavy atom. The Hall–Kier alpha value is -2.68. The summed E-state index contributed by atoms with van der Waals surface area (Å²) in [6.45, 7) is 4.62. The Labute approximate surface area is 226 Å². The van der Waals surface area contributed by atoms with Gasteiger partial charge in [-0.05, 0) is 30.5 Å². The summed E-state index contributed by atoms with van der Waals surface area (Å²) in [7, 11) is 0. The quantitative estimate of drug-likeness (QED) is 0.306. The number of benzene rings is 2. The molecule has 2 aromatic carbocycles. The van der Waals surface area contributed by atoms with E-state index >= 15 is 0 Å². The van der Waals surface area contributed by atoms with Crippen LogP contribution in [0.1, 0.15) is 45.1 Å². The highest BCUT2D eigenvalue weighted by atomic mass is 35.5. The van der Waals surface area contributed by atoms with Gasteiger partial charge in [-0.2, -0.15) is 0 Å². The molecule has 1 unspecified atom stereocenters. The Balaban J connectivity index is 1.60. The second-order valence-electron chi connectivity index (χ2n) is 8.84. The highest BCUT2D eigenvalue weighted by Crippen LogP contribution is 2.44. The maximum Gasteiger partial charge on any atom is 0.267 e. The number of anilines is 2. The molecule has 36 heavy (non-hydrogen) atoms. The first-order valence-electron chi connectivity index (χ1n) is 12.1. The molecule has 0 saturated carbocycles. The van der Waals surface area contributed by atoms with Gasteiger partial charge in [0.05, 0.1) is 26.9 Å². The van der Waals surface area contributed by atoms with Crippen molar-refractivity contribution in [2.24, 2.45) is 5.92 Å². The third-order valence-electron chi connectivity index (χ3n) is 6.43. The van der Waals surface area contributed by atoms with Gasteiger partial charge in [0.25, 0.3) is 11.8 Å². The molecule has 1 saturated heterocycles. The molecule has 0 aliphatic carbocycles. The molecule has 2 aliphatic rings. The van der Waals surface area contributed by atoms with Crippen molar-refractivity contribution >= 4 is 74.6 Å². The van der Waals surface area contributed by atoms with E-state index in [0.717, 1.165) is 25.7 Å². The van der Waals surface area contributed by atoms with Crippen molar-refractivity contribution in [2.75, 3.05) is 23.3 Å². The summed E-state index contributed by atoms with van der Waals surface area (Å²) in [5.74, 6) is -0.653. The molecule has 1 fully saturated rings. The standard InChI is InChI=1S/C27H28ClN3O3S2/c1-3-5-10-17(4-2)15-31-26(34)24(36-27(31)35)23-18-11-6-9-14-21(18)30(25(23)33)16-22(32)29-20-13-8-7-12-19(20)28/h6-9,11-14,17H,3-5,10,15-16H2,1-2H3,(H,29,32). The number of rotatable bonds is 9. The molecule has 0 aromatic heterocycles. The molecule has 0 spiro atoms. The zero-order valence-electron chi connectivity index (χ0n) is 20.3. The van der Waals surface area contributed by atoms with Crippen LogP contribution in [0, 0.1) is 5.92 Å². The topological polar surface area (TPSA) is 69.7 Å². The minimum absolute atomic E-state index is 0.209. The smallest absolute Gasteiger partial charge is 0.267 e. The Morgan fingerprint density at radius 3 is 2.50 bits per heavy atom. The number of amides is 3. The highest BCUT2D eigenvalue weighted by Gasteiger charge is 2.42. The van der Waals surface area contributed by atoms with Crippen LogP contribution in [-0.4, -0.2) is 40.0 Å². The van der Waals surface area contributed by atoms with Crippen LogP contribution in [0.5, 0.6) is 0 Å². The van der Waals surface area contributed by atoms with Gasteiger partial charge in [-0.1, -0.05) is 99.0 Å². The van der Waals surface area contributed by atoms with Crippen LogP contribution in [-0.2, 0) is 14.4 Å². The van der Waals surface area contributed by atoms with E-state index in [1.54, 1.807) is 47.4 Å². The lowest BCUT2D eigenvalue weighted by molar-refractivity contribution is -0.123. The summed E-state index contributed by atoms with van der Waals surface area (Å²) in [6.07, 6.45) is 4.20. The average molecular weight is 542 g/mol. The Bertz CT molecular complexity index is 1250. The van der Waals surface area contributed by atoms with Crippen molar-refractivity contribution in [1.29, 1.82) is 0 Å². The summed E-state index contributed by atoms with van der Waals surface area (Å²) in [6, 6.07) is 14.1. The molecular weight excluding hydrogens is 514 g/mol. The molecule has 2 aromatic rings. The number of hydrogen-bond donors (Lipinski definition) is 1. The third kappa shape index (κ3) is 5.36. The third-order valence-corrected chi connectivity index (χ3v) is 8.21. The zero-order chi connectivity index (χ0) is 25.8. The fourth-order valence-corrected chi connectivity index (χ4v) is 5.96. The molecular formula is C27H28ClN3O3S2. The number of hydrogen-bond acceptors (Lipinski definition) is 5. The molecule has 9 heteroatoms. The van der Waals surface area contributed by atoms with Gasteiger partial charge in [-0.15, -0.1) is 0 Å². The fourth-order valence-electron chi connectivity index (χ4n) is 4.43. The van der Waals surface area contributed by atoms with Crippen molar-refractivity contribution in [3.8, 4) is 0 Å². The van der Waals surface area contributed by atoms with Crippen molar-refractivity contribution in [3.05, 3.63) is 64.0 Å². The first-order chi connectivity index (χ1) is 17.3. The van der Waals surface area contributed by atoms with Gasteiger partial charge < -0.3 is 5.32 Å². The van der Waals surface area contributed by atoms with Gasteiger partial charge in [-0.3, -0.25) is 24.2 Å². The van der Waals surface area contributed by atoms with Crippen LogP contribution < -0.4 is 10.2 Å². The van der Waals surface area contributed by atoms with Gasteiger partial charge in [-0.25, -0.2) is 0 Å². The molecule has 0 radical (unpaired) electrons. The second-order valence-corrected chi connectivity index (χ2v) is 10.9. The average Bonchev–Trinajstić information content (AvgIpc) is 3.30. The number of para-hydroxylation sites is 2. The second kappa shape index (κ2) is 11.6. The number of carbonyl (C=O) groups is 3. The minimum Gasteiger partial charge on any atom is -0.323 e. The van der Waals surface area contributed by atoms with Gasteiger partial charge in [0.2, 0.25) is 5.91 Å². The van der Waals surface area contributed by atoms with Crippen molar-refractivity contribution < 1.29 is 14.4 Å². The predicted octanol–water partition coefficient (Wildman–Crippen LogP) is 6.11. The van der Waals surface area contributed by atoms with Gasteiger partial charge in [0.1, 0.15) is 10.9 Å². The number of thioether (sulfide) groups is 1. The van der Waals surface area contributed by atoms with Gasteiger partial charge >= 0.3 is 0 Å². The van der Waals surface area contributed by atoms with Crippen LogP contribution in [0.4, 0.5) is 11.4 Å². The van der Waals surface area contributed by atoms with Crippen LogP contribution >= 0.6 is 35.6 Å². The van der Waals surface area contributed by atoms with E-state index < -0.39 is 0 Å². The Morgan fingerprint density at radius 2 is 1.78 bits per heavy atom. The van der Waals surface area contributed by atoms with Crippen molar-refractivity contribution in [2.45, 2.75) is 39.5 Å². The normalized spacial score (nSPS) is 18.1. The molecule has 4 rings (SSSR count). The first-order valence-corrected chi connectivity index (χ1v) is 13.7. The molecule has 2 aliphatic heterocycles. The number of fused-ring (bicyclic) bond motifs is 1. The minimum atomic E-state index is -0.387. The van der Waals surface area contributed by atoms with Crippen LogP contribution in [0.25, 0.3) is 5.57 Å².